The Labute approximate surface area is 81.9 Å². The van der Waals surface area contributed by atoms with Crippen molar-refractivity contribution >= 4 is 16.7 Å². The first-order valence-corrected chi connectivity index (χ1v) is 4.49. The normalized spacial score (nSPS) is 12.0. The van der Waals surface area contributed by atoms with Gasteiger partial charge in [-0.15, -0.1) is 0 Å². The van der Waals surface area contributed by atoms with Crippen LogP contribution in [0, 0.1) is 0 Å². The van der Waals surface area contributed by atoms with Crippen molar-refractivity contribution in [1.82, 2.24) is 4.98 Å². The van der Waals surface area contributed by atoms with E-state index in [0.717, 1.165) is 10.9 Å². The van der Waals surface area contributed by atoms with Gasteiger partial charge in [0.2, 0.25) is 0 Å². The molecule has 0 aliphatic heterocycles. The van der Waals surface area contributed by atoms with Gasteiger partial charge in [0, 0.05) is 17.1 Å². The average molecular weight is 187 g/mol. The lowest BCUT2D eigenvalue weighted by molar-refractivity contribution is 0.760. The minimum absolute atomic E-state index is 0.205. The molecule has 0 radical (unpaired) electrons. The molecule has 0 N–H and O–H groups in total. The average Bonchev–Trinajstić information content (AvgIpc) is 2.27. The van der Waals surface area contributed by atoms with Crippen LogP contribution in [0.3, 0.4) is 0 Å². The molecule has 0 unspecified atom stereocenters. The highest BCUT2D eigenvalue weighted by Crippen LogP contribution is 2.24. The third-order valence-electron chi connectivity index (χ3n) is 2.16. The molecule has 0 fully saturated rings. The number of hydrogen-bond donors (Lipinski definition) is 0. The maximum Gasteiger partial charge on any atom is 0.126 e. The molecule has 14 heavy (non-hydrogen) atoms. The van der Waals surface area contributed by atoms with E-state index in [0.29, 0.717) is 5.56 Å². The van der Waals surface area contributed by atoms with Crippen molar-refractivity contribution in [3.63, 3.8) is 0 Å². The topological polar surface area (TPSA) is 12.9 Å². The van der Waals surface area contributed by atoms with E-state index in [2.05, 4.69) is 4.98 Å². The molecule has 1 heterocycles. The Morgan fingerprint density at radius 3 is 2.93 bits per heavy atom. The Morgan fingerprint density at radius 1 is 1.29 bits per heavy atom. The fourth-order valence-electron chi connectivity index (χ4n) is 1.47. The van der Waals surface area contributed by atoms with Crippen molar-refractivity contribution < 1.29 is 4.39 Å². The molecule has 0 bridgehead atoms. The third-order valence-corrected chi connectivity index (χ3v) is 2.16. The molecule has 0 atom stereocenters. The molecular formula is C12H10FN. The van der Waals surface area contributed by atoms with Crippen LogP contribution >= 0.6 is 0 Å². The van der Waals surface area contributed by atoms with Gasteiger partial charge >= 0.3 is 0 Å². The summed E-state index contributed by atoms with van der Waals surface area (Å²) < 4.78 is 13.4. The summed E-state index contributed by atoms with van der Waals surface area (Å²) in [5, 5.41) is 0.852. The number of halogens is 1. The Morgan fingerprint density at radius 2 is 2.14 bits per heavy atom. The lowest BCUT2D eigenvalue weighted by Crippen LogP contribution is -1.83. The number of pyridine rings is 1. The van der Waals surface area contributed by atoms with Crippen LogP contribution in [0.2, 0.25) is 0 Å². The fraction of sp³-hybridized carbons (Fsp3) is 0.0833. The zero-order valence-electron chi connectivity index (χ0n) is 7.87. The Kier molecular flexibility index (Phi) is 2.27. The second kappa shape index (κ2) is 3.58. The molecule has 0 aliphatic carbocycles. The Balaban J connectivity index is 2.77. The van der Waals surface area contributed by atoms with E-state index in [9.17, 15) is 4.39 Å². The number of aromatic nitrogens is 1. The lowest BCUT2D eigenvalue weighted by Gasteiger charge is -2.02. The smallest absolute Gasteiger partial charge is 0.126 e. The molecule has 1 aromatic heterocycles. The van der Waals surface area contributed by atoms with E-state index < -0.39 is 0 Å². The molecule has 1 aromatic carbocycles. The molecule has 0 aliphatic rings. The van der Waals surface area contributed by atoms with Crippen molar-refractivity contribution in [2.75, 3.05) is 0 Å². The van der Waals surface area contributed by atoms with Gasteiger partial charge in [0.05, 0.1) is 5.52 Å². The highest BCUT2D eigenvalue weighted by Gasteiger charge is 2.04. The van der Waals surface area contributed by atoms with Crippen LogP contribution in [0.25, 0.3) is 16.7 Å². The molecule has 2 heteroatoms. The summed E-state index contributed by atoms with van der Waals surface area (Å²) in [7, 11) is 0. The van der Waals surface area contributed by atoms with Gasteiger partial charge in [-0.25, -0.2) is 4.39 Å². The van der Waals surface area contributed by atoms with Crippen LogP contribution in [-0.4, -0.2) is 4.98 Å². The minimum atomic E-state index is -0.205. The SMILES string of the molecule is CC=C(F)c1cccc2ncccc12. The van der Waals surface area contributed by atoms with Gasteiger partial charge in [-0.2, -0.15) is 0 Å². The van der Waals surface area contributed by atoms with Crippen molar-refractivity contribution in [3.8, 4) is 0 Å². The molecule has 0 saturated heterocycles. The Hall–Kier alpha value is -1.70. The summed E-state index contributed by atoms with van der Waals surface area (Å²) >= 11 is 0. The number of rotatable bonds is 1. The molecule has 2 aromatic rings. The van der Waals surface area contributed by atoms with Crippen LogP contribution in [0.5, 0.6) is 0 Å². The van der Waals surface area contributed by atoms with E-state index >= 15 is 0 Å². The zero-order valence-corrected chi connectivity index (χ0v) is 7.87. The maximum atomic E-state index is 13.4. The molecule has 1 nitrogen and oxygen atoms in total. The summed E-state index contributed by atoms with van der Waals surface area (Å²) in [6.07, 6.45) is 3.17. The number of benzene rings is 1. The summed E-state index contributed by atoms with van der Waals surface area (Å²) in [4.78, 5) is 4.16. The van der Waals surface area contributed by atoms with Crippen molar-refractivity contribution in [2.45, 2.75) is 6.92 Å². The first-order chi connectivity index (χ1) is 6.83. The van der Waals surface area contributed by atoms with Crippen LogP contribution in [0.4, 0.5) is 4.39 Å². The highest BCUT2D eigenvalue weighted by molar-refractivity contribution is 5.89. The predicted octanol–water partition coefficient (Wildman–Crippen LogP) is 3.57. The van der Waals surface area contributed by atoms with Gasteiger partial charge in [0.25, 0.3) is 0 Å². The number of fused-ring (bicyclic) bond motifs is 1. The fourth-order valence-corrected chi connectivity index (χ4v) is 1.47. The van der Waals surface area contributed by atoms with Gasteiger partial charge < -0.3 is 0 Å². The van der Waals surface area contributed by atoms with Crippen LogP contribution in [-0.2, 0) is 0 Å². The van der Waals surface area contributed by atoms with Crippen LogP contribution < -0.4 is 0 Å². The summed E-state index contributed by atoms with van der Waals surface area (Å²) in [5.74, 6) is -0.205. The summed E-state index contributed by atoms with van der Waals surface area (Å²) in [6, 6.07) is 9.14. The lowest BCUT2D eigenvalue weighted by atomic mass is 10.1. The molecule has 0 spiro atoms. The van der Waals surface area contributed by atoms with Gasteiger partial charge in [0.15, 0.2) is 0 Å². The molecule has 0 amide bonds. The second-order valence-electron chi connectivity index (χ2n) is 3.01. The molecule has 70 valence electrons. The van der Waals surface area contributed by atoms with Crippen molar-refractivity contribution in [2.24, 2.45) is 0 Å². The summed E-state index contributed by atoms with van der Waals surface area (Å²) in [6.45, 7) is 1.69. The number of hydrogen-bond acceptors (Lipinski definition) is 1. The maximum absolute atomic E-state index is 13.4. The van der Waals surface area contributed by atoms with Crippen molar-refractivity contribution in [3.05, 3.63) is 48.2 Å². The van der Waals surface area contributed by atoms with Gasteiger partial charge in [-0.05, 0) is 19.1 Å². The van der Waals surface area contributed by atoms with Gasteiger partial charge in [-0.3, -0.25) is 4.98 Å². The first-order valence-electron chi connectivity index (χ1n) is 4.49. The van der Waals surface area contributed by atoms with Gasteiger partial charge in [-0.1, -0.05) is 24.3 Å². The second-order valence-corrected chi connectivity index (χ2v) is 3.01. The summed E-state index contributed by atoms with van der Waals surface area (Å²) in [5.41, 5.74) is 1.43. The van der Waals surface area contributed by atoms with Crippen LogP contribution in [0.1, 0.15) is 12.5 Å². The standard InChI is InChI=1S/C12H10FN/c1-2-11(13)9-5-3-7-12-10(9)6-4-8-14-12/h2-8H,1H3. The highest BCUT2D eigenvalue weighted by atomic mass is 19.1. The zero-order chi connectivity index (χ0) is 9.97. The van der Waals surface area contributed by atoms with Gasteiger partial charge in [0.1, 0.15) is 5.83 Å². The Bertz CT molecular complexity index is 483. The van der Waals surface area contributed by atoms with Crippen LogP contribution in [0.15, 0.2) is 42.6 Å². The third kappa shape index (κ3) is 1.39. The monoisotopic (exact) mass is 187 g/mol. The largest absolute Gasteiger partial charge is 0.256 e. The first kappa shape index (κ1) is 8.88. The van der Waals surface area contributed by atoms with E-state index in [1.165, 1.54) is 6.08 Å². The van der Waals surface area contributed by atoms with E-state index in [1.807, 2.05) is 24.3 Å². The predicted molar refractivity (Wildman–Crippen MR) is 56.5 cm³/mol. The molecule has 0 saturated carbocycles. The van der Waals surface area contributed by atoms with E-state index in [4.69, 9.17) is 0 Å². The minimum Gasteiger partial charge on any atom is -0.256 e. The number of nitrogens with zero attached hydrogens (tertiary/aromatic N) is 1. The molecular weight excluding hydrogens is 177 g/mol. The number of allylic oxidation sites excluding steroid dienone is 1. The van der Waals surface area contributed by atoms with Crippen molar-refractivity contribution in [1.29, 1.82) is 0 Å². The van der Waals surface area contributed by atoms with E-state index in [1.54, 1.807) is 19.2 Å². The molecule has 2 rings (SSSR count). The van der Waals surface area contributed by atoms with E-state index in [-0.39, 0.29) is 5.83 Å². The quantitative estimate of drug-likeness (QED) is 0.665.